The SMILES string of the molecule is Nc1ccc2sc(C(=O)N[I-]CC[I-]C3CN4CCC3CC4)cc2c1. The predicted molar refractivity (Wildman–Crippen MR) is 96.4 cm³/mol. The van der Waals surface area contributed by atoms with Gasteiger partial charge in [-0.2, -0.15) is 0 Å². The van der Waals surface area contributed by atoms with Crippen molar-refractivity contribution in [2.45, 2.75) is 16.8 Å². The van der Waals surface area contributed by atoms with Crippen molar-refractivity contribution in [1.29, 1.82) is 0 Å². The van der Waals surface area contributed by atoms with Gasteiger partial charge in [-0.25, -0.2) is 0 Å². The van der Waals surface area contributed by atoms with E-state index in [0.717, 1.165) is 30.5 Å². The standard InChI is InChI=1S/C18H23I2N3OS/c21-14-1-2-16-13(9-14)10-17(25-16)18(24)22-20-6-5-19-15-11-23-7-3-12(15)4-8-23/h1-2,9-10,12,15H,3-8,11,21H2,(H,22,24)/q-2. The molecule has 1 amide bonds. The van der Waals surface area contributed by atoms with E-state index < -0.39 is 0 Å². The van der Waals surface area contributed by atoms with Gasteiger partial charge >= 0.3 is 175 Å². The fourth-order valence-electron chi connectivity index (χ4n) is 3.61. The summed E-state index contributed by atoms with van der Waals surface area (Å²) in [6.07, 6.45) is 2.87. The molecule has 1 aromatic carbocycles. The quantitative estimate of drug-likeness (QED) is 0.122. The molecule has 2 aromatic rings. The van der Waals surface area contributed by atoms with E-state index in [4.69, 9.17) is 5.73 Å². The van der Waals surface area contributed by atoms with Gasteiger partial charge in [-0.15, -0.1) is 0 Å². The van der Waals surface area contributed by atoms with Gasteiger partial charge < -0.3 is 0 Å². The first-order valence-electron chi connectivity index (χ1n) is 8.66. The van der Waals surface area contributed by atoms with E-state index in [1.54, 1.807) is 11.3 Å². The Morgan fingerprint density at radius 1 is 1.28 bits per heavy atom. The van der Waals surface area contributed by atoms with Crippen LogP contribution in [0.3, 0.4) is 0 Å². The summed E-state index contributed by atoms with van der Waals surface area (Å²) in [5.41, 5.74) is 6.57. The summed E-state index contributed by atoms with van der Waals surface area (Å²) < 4.78 is 7.97. The van der Waals surface area contributed by atoms with Crippen LogP contribution < -0.4 is 51.9 Å². The Morgan fingerprint density at radius 2 is 2.12 bits per heavy atom. The number of anilines is 1. The third-order valence-corrected chi connectivity index (χ3v) is 13.8. The van der Waals surface area contributed by atoms with E-state index in [0.29, 0.717) is 21.2 Å². The normalized spacial score (nSPS) is 25.7. The number of hydrogen-bond donors (Lipinski definition) is 2. The van der Waals surface area contributed by atoms with Crippen molar-refractivity contribution in [3.8, 4) is 0 Å². The zero-order valence-electron chi connectivity index (χ0n) is 14.0. The Kier molecular flexibility index (Phi) is 6.03. The van der Waals surface area contributed by atoms with Crippen molar-refractivity contribution in [2.24, 2.45) is 5.92 Å². The van der Waals surface area contributed by atoms with Crippen LogP contribution in [0.4, 0.5) is 5.69 Å². The first-order chi connectivity index (χ1) is 12.2. The van der Waals surface area contributed by atoms with Gasteiger partial charge in [0.1, 0.15) is 0 Å². The molecule has 2 bridgehead atoms. The van der Waals surface area contributed by atoms with E-state index in [1.807, 2.05) is 24.3 Å². The molecule has 5 rings (SSSR count). The molecule has 0 radical (unpaired) electrons. The number of nitrogens with one attached hydrogen (secondary N) is 1. The molecular weight excluding hydrogens is 560 g/mol. The molecule has 3 N–H and O–H groups in total. The first kappa shape index (κ1) is 18.2. The van der Waals surface area contributed by atoms with Gasteiger partial charge in [0.25, 0.3) is 0 Å². The molecule has 1 atom stereocenters. The van der Waals surface area contributed by atoms with Crippen molar-refractivity contribution in [1.82, 2.24) is 8.43 Å². The number of piperidine rings is 3. The van der Waals surface area contributed by atoms with Crippen molar-refractivity contribution < 1.29 is 47.5 Å². The van der Waals surface area contributed by atoms with Crippen molar-refractivity contribution in [3.63, 3.8) is 0 Å². The zero-order valence-corrected chi connectivity index (χ0v) is 19.1. The van der Waals surface area contributed by atoms with Gasteiger partial charge in [-0.3, -0.25) is 0 Å². The molecule has 7 heteroatoms. The third kappa shape index (κ3) is 4.41. The van der Waals surface area contributed by atoms with Crippen LogP contribution in [0.2, 0.25) is 0 Å². The fourth-order valence-corrected chi connectivity index (χ4v) is 12.1. The number of thiophene rings is 1. The van der Waals surface area contributed by atoms with Gasteiger partial charge in [0, 0.05) is 0 Å². The van der Waals surface area contributed by atoms with Crippen molar-refractivity contribution in [2.75, 3.05) is 34.2 Å². The van der Waals surface area contributed by atoms with Crippen LogP contribution in [0.5, 0.6) is 0 Å². The number of rotatable bonds is 6. The predicted octanol–water partition coefficient (Wildman–Crippen LogP) is -3.60. The number of carbonyl (C=O) groups excluding carboxylic acids is 1. The Hall–Kier alpha value is -0.130. The van der Waals surface area contributed by atoms with Crippen LogP contribution in [0.1, 0.15) is 22.5 Å². The summed E-state index contributed by atoms with van der Waals surface area (Å²) >= 11 is 1.64. The summed E-state index contributed by atoms with van der Waals surface area (Å²) in [5.74, 6) is 1.13. The fraction of sp³-hybridized carbons (Fsp3) is 0.500. The number of nitrogens with zero attached hydrogens (tertiary/aromatic N) is 1. The average Bonchev–Trinajstić information content (AvgIpc) is 3.05. The average molecular weight is 583 g/mol. The topological polar surface area (TPSA) is 58.4 Å². The number of amides is 1. The minimum absolute atomic E-state index is 0.105. The molecule has 4 nitrogen and oxygen atoms in total. The Morgan fingerprint density at radius 3 is 2.88 bits per heavy atom. The summed E-state index contributed by atoms with van der Waals surface area (Å²) in [7, 11) is 0. The maximum absolute atomic E-state index is 12.4. The molecular formula is C18H23I2N3OS-2. The van der Waals surface area contributed by atoms with E-state index in [9.17, 15) is 4.79 Å². The van der Waals surface area contributed by atoms with E-state index >= 15 is 0 Å². The van der Waals surface area contributed by atoms with Crippen LogP contribution in [0, 0.1) is 5.92 Å². The van der Waals surface area contributed by atoms with Crippen LogP contribution in [-0.2, 0) is 0 Å². The molecule has 25 heavy (non-hydrogen) atoms. The van der Waals surface area contributed by atoms with E-state index in [-0.39, 0.29) is 27.4 Å². The maximum atomic E-state index is 12.4. The molecule has 3 saturated heterocycles. The molecule has 3 fully saturated rings. The third-order valence-electron chi connectivity index (χ3n) is 4.97. The van der Waals surface area contributed by atoms with Gasteiger partial charge in [0.05, 0.1) is 0 Å². The second-order valence-electron chi connectivity index (χ2n) is 6.65. The Labute approximate surface area is 173 Å². The number of nitrogens with two attached hydrogens (primary N) is 1. The van der Waals surface area contributed by atoms with Crippen LogP contribution in [0.15, 0.2) is 24.3 Å². The molecule has 0 saturated carbocycles. The molecule has 1 aromatic heterocycles. The number of alkyl halides is 3. The summed E-state index contributed by atoms with van der Waals surface area (Å²) in [6, 6.07) is 7.80. The molecule has 138 valence electrons. The summed E-state index contributed by atoms with van der Waals surface area (Å²) in [5, 5.41) is 1.07. The molecule has 1 unspecified atom stereocenters. The monoisotopic (exact) mass is 583 g/mol. The molecule has 0 spiro atoms. The Balaban J connectivity index is 1.21. The summed E-state index contributed by atoms with van der Waals surface area (Å²) in [6.45, 7) is 4.05. The van der Waals surface area contributed by atoms with Gasteiger partial charge in [-0.05, 0) is 0 Å². The zero-order chi connectivity index (χ0) is 17.2. The first-order valence-corrected chi connectivity index (χ1v) is 14.9. The van der Waals surface area contributed by atoms with E-state index in [1.165, 1.54) is 41.3 Å². The Bertz CT molecular complexity index is 758. The molecule has 4 heterocycles. The number of carbonyl (C=O) groups is 1. The van der Waals surface area contributed by atoms with Crippen LogP contribution >= 0.6 is 11.3 Å². The van der Waals surface area contributed by atoms with Crippen molar-refractivity contribution >= 4 is 33.0 Å². The van der Waals surface area contributed by atoms with Gasteiger partial charge in [-0.1, -0.05) is 0 Å². The minimum atomic E-state index is -0.218. The van der Waals surface area contributed by atoms with Crippen molar-refractivity contribution in [3.05, 3.63) is 29.1 Å². The van der Waals surface area contributed by atoms with Crippen LogP contribution in [-0.4, -0.2) is 43.2 Å². The number of hydrogen-bond acceptors (Lipinski definition) is 4. The number of fused-ring (bicyclic) bond motifs is 4. The number of halogens is 2. The van der Waals surface area contributed by atoms with Gasteiger partial charge in [0.15, 0.2) is 0 Å². The number of benzene rings is 1. The van der Waals surface area contributed by atoms with Gasteiger partial charge in [0.2, 0.25) is 0 Å². The van der Waals surface area contributed by atoms with Crippen LogP contribution in [0.25, 0.3) is 10.1 Å². The summed E-state index contributed by atoms with van der Waals surface area (Å²) in [4.78, 5) is 15.8. The molecule has 3 aliphatic heterocycles. The second kappa shape index (κ2) is 8.26. The second-order valence-corrected chi connectivity index (χ2v) is 13.7. The molecule has 0 aliphatic carbocycles. The van der Waals surface area contributed by atoms with E-state index in [2.05, 4.69) is 8.43 Å². The number of nitrogen functional groups attached to an aromatic ring is 1. The molecule has 3 aliphatic rings.